The first-order valence-electron chi connectivity index (χ1n) is 5.14. The molecule has 0 fully saturated rings. The number of rotatable bonds is 2. The molecule has 1 atom stereocenters. The minimum absolute atomic E-state index is 0.129. The molecular weight excluding hydrogens is 198 g/mol. The van der Waals surface area contributed by atoms with Crippen LogP contribution >= 0.6 is 0 Å². The van der Waals surface area contributed by atoms with Crippen molar-refractivity contribution < 1.29 is 4.79 Å². The number of nitriles is 1. The van der Waals surface area contributed by atoms with Gasteiger partial charge in [-0.2, -0.15) is 5.26 Å². The van der Waals surface area contributed by atoms with Crippen LogP contribution in [0, 0.1) is 16.7 Å². The minimum atomic E-state index is -1.02. The summed E-state index contributed by atoms with van der Waals surface area (Å²) in [6.45, 7) is 0. The third kappa shape index (κ3) is 1.68. The number of Topliss-reactive ketones (excluding diaryl/α,β-unsaturated/α-hetero) is 1. The van der Waals surface area contributed by atoms with Gasteiger partial charge in [-0.25, -0.2) is 0 Å². The highest BCUT2D eigenvalue weighted by atomic mass is 16.1. The van der Waals surface area contributed by atoms with Crippen LogP contribution in [0.5, 0.6) is 0 Å². The van der Waals surface area contributed by atoms with Crippen molar-refractivity contribution in [3.05, 3.63) is 60.2 Å². The molecule has 1 aromatic carbocycles. The number of carbonyl (C=O) groups is 1. The molecule has 0 bridgehead atoms. The van der Waals surface area contributed by atoms with Crippen molar-refractivity contribution in [1.82, 2.24) is 0 Å². The van der Waals surface area contributed by atoms with Crippen LogP contribution < -0.4 is 0 Å². The van der Waals surface area contributed by atoms with Gasteiger partial charge in [0.05, 0.1) is 6.07 Å². The average molecular weight is 209 g/mol. The van der Waals surface area contributed by atoms with Gasteiger partial charge in [-0.15, -0.1) is 0 Å². The molecule has 0 radical (unpaired) electrons. The maximum Gasteiger partial charge on any atom is 0.187 e. The van der Waals surface area contributed by atoms with E-state index in [-0.39, 0.29) is 5.78 Å². The van der Waals surface area contributed by atoms with Crippen molar-refractivity contribution in [2.45, 2.75) is 6.42 Å². The Hall–Kier alpha value is -2.14. The summed E-state index contributed by atoms with van der Waals surface area (Å²) in [6, 6.07) is 11.1. The van der Waals surface area contributed by atoms with Crippen LogP contribution in [0.25, 0.3) is 0 Å². The van der Waals surface area contributed by atoms with Crippen molar-refractivity contribution in [2.75, 3.05) is 0 Å². The van der Waals surface area contributed by atoms with E-state index < -0.39 is 5.41 Å². The van der Waals surface area contributed by atoms with Gasteiger partial charge in [0, 0.05) is 5.56 Å². The molecule has 0 saturated heterocycles. The van der Waals surface area contributed by atoms with Crippen molar-refractivity contribution in [1.29, 1.82) is 5.26 Å². The Morgan fingerprint density at radius 3 is 2.56 bits per heavy atom. The molecule has 0 saturated carbocycles. The van der Waals surface area contributed by atoms with E-state index in [9.17, 15) is 10.1 Å². The zero-order valence-electron chi connectivity index (χ0n) is 8.76. The van der Waals surface area contributed by atoms with Gasteiger partial charge < -0.3 is 0 Å². The molecular formula is C14H11NO. The van der Waals surface area contributed by atoms with Gasteiger partial charge in [0.25, 0.3) is 0 Å². The van der Waals surface area contributed by atoms with E-state index in [1.807, 2.05) is 18.2 Å². The van der Waals surface area contributed by atoms with Crippen LogP contribution in [0.4, 0.5) is 0 Å². The quantitative estimate of drug-likeness (QED) is 0.703. The number of ketones is 1. The SMILES string of the molecule is N#CC1(C(=O)c2ccccc2)C=CC=CC1. The Balaban J connectivity index is 2.38. The molecule has 0 N–H and O–H groups in total. The molecule has 0 aromatic heterocycles. The lowest BCUT2D eigenvalue weighted by atomic mass is 9.77. The summed E-state index contributed by atoms with van der Waals surface area (Å²) >= 11 is 0. The lowest BCUT2D eigenvalue weighted by molar-refractivity contribution is 0.0901. The molecule has 2 nitrogen and oxygen atoms in total. The first-order valence-corrected chi connectivity index (χ1v) is 5.14. The molecule has 16 heavy (non-hydrogen) atoms. The predicted molar refractivity (Wildman–Crippen MR) is 61.7 cm³/mol. The van der Waals surface area contributed by atoms with E-state index in [0.717, 1.165) is 0 Å². The highest BCUT2D eigenvalue weighted by Gasteiger charge is 2.36. The van der Waals surface area contributed by atoms with Gasteiger partial charge in [0.1, 0.15) is 5.41 Å². The normalized spacial score (nSPS) is 22.7. The number of hydrogen-bond acceptors (Lipinski definition) is 2. The van der Waals surface area contributed by atoms with Gasteiger partial charge in [0.15, 0.2) is 5.78 Å². The zero-order valence-corrected chi connectivity index (χ0v) is 8.76. The first kappa shape index (κ1) is 10.4. The summed E-state index contributed by atoms with van der Waals surface area (Å²) in [6.07, 6.45) is 7.60. The average Bonchev–Trinajstić information content (AvgIpc) is 2.39. The minimum Gasteiger partial charge on any atom is -0.292 e. The topological polar surface area (TPSA) is 40.9 Å². The molecule has 2 rings (SSSR count). The van der Waals surface area contributed by atoms with E-state index in [1.54, 1.807) is 36.4 Å². The van der Waals surface area contributed by atoms with E-state index in [1.165, 1.54) is 0 Å². The molecule has 1 aliphatic rings. The Labute approximate surface area is 94.5 Å². The van der Waals surface area contributed by atoms with Crippen LogP contribution in [0.2, 0.25) is 0 Å². The largest absolute Gasteiger partial charge is 0.292 e. The summed E-state index contributed by atoms with van der Waals surface area (Å²) in [5.74, 6) is -0.129. The van der Waals surface area contributed by atoms with Crippen molar-refractivity contribution >= 4 is 5.78 Å². The van der Waals surface area contributed by atoms with Gasteiger partial charge in [0.2, 0.25) is 0 Å². The third-order valence-corrected chi connectivity index (χ3v) is 2.71. The zero-order chi connectivity index (χ0) is 11.4. The van der Waals surface area contributed by atoms with Crippen LogP contribution in [-0.2, 0) is 0 Å². The van der Waals surface area contributed by atoms with Crippen LogP contribution in [0.15, 0.2) is 54.6 Å². The Morgan fingerprint density at radius 2 is 2.00 bits per heavy atom. The summed E-state index contributed by atoms with van der Waals surface area (Å²) in [7, 11) is 0. The van der Waals surface area contributed by atoms with E-state index in [0.29, 0.717) is 12.0 Å². The van der Waals surface area contributed by atoms with Gasteiger partial charge in [-0.05, 0) is 6.42 Å². The maximum atomic E-state index is 12.2. The second-order valence-electron chi connectivity index (χ2n) is 3.77. The van der Waals surface area contributed by atoms with Crippen LogP contribution in [0.1, 0.15) is 16.8 Å². The van der Waals surface area contributed by atoms with E-state index >= 15 is 0 Å². The molecule has 0 heterocycles. The van der Waals surface area contributed by atoms with Crippen molar-refractivity contribution in [3.8, 4) is 6.07 Å². The third-order valence-electron chi connectivity index (χ3n) is 2.71. The molecule has 1 unspecified atom stereocenters. The first-order chi connectivity index (χ1) is 7.78. The summed E-state index contributed by atoms with van der Waals surface area (Å²) in [5.41, 5.74) is -0.431. The number of hydrogen-bond donors (Lipinski definition) is 0. The van der Waals surface area contributed by atoms with Gasteiger partial charge in [-0.1, -0.05) is 54.6 Å². The maximum absolute atomic E-state index is 12.2. The number of nitrogens with zero attached hydrogens (tertiary/aromatic N) is 1. The van der Waals surface area contributed by atoms with Crippen molar-refractivity contribution in [3.63, 3.8) is 0 Å². The Morgan fingerprint density at radius 1 is 1.25 bits per heavy atom. The lowest BCUT2D eigenvalue weighted by Gasteiger charge is -2.21. The standard InChI is InChI=1S/C14H11NO/c15-11-14(9-5-2-6-10-14)13(16)12-7-3-1-4-8-12/h1-9H,10H2. The highest BCUT2D eigenvalue weighted by molar-refractivity contribution is 6.03. The van der Waals surface area contributed by atoms with E-state index in [2.05, 4.69) is 6.07 Å². The Kier molecular flexibility index (Phi) is 2.70. The molecule has 0 aliphatic heterocycles. The summed E-state index contributed by atoms with van der Waals surface area (Å²) in [4.78, 5) is 12.2. The molecule has 1 aromatic rings. The molecule has 0 amide bonds. The monoisotopic (exact) mass is 209 g/mol. The van der Waals surface area contributed by atoms with E-state index in [4.69, 9.17) is 0 Å². The number of allylic oxidation sites excluding steroid dienone is 4. The second kappa shape index (κ2) is 4.16. The molecule has 1 aliphatic carbocycles. The van der Waals surface area contributed by atoms with Gasteiger partial charge in [-0.3, -0.25) is 4.79 Å². The molecule has 2 heteroatoms. The van der Waals surface area contributed by atoms with Crippen LogP contribution in [-0.4, -0.2) is 5.78 Å². The summed E-state index contributed by atoms with van der Waals surface area (Å²) < 4.78 is 0. The second-order valence-corrected chi connectivity index (χ2v) is 3.77. The van der Waals surface area contributed by atoms with Crippen LogP contribution in [0.3, 0.4) is 0 Å². The highest BCUT2D eigenvalue weighted by Crippen LogP contribution is 2.31. The fourth-order valence-electron chi connectivity index (χ4n) is 1.77. The molecule has 78 valence electrons. The fourth-order valence-corrected chi connectivity index (χ4v) is 1.77. The van der Waals surface area contributed by atoms with Gasteiger partial charge >= 0.3 is 0 Å². The number of carbonyl (C=O) groups excluding carboxylic acids is 1. The molecule has 0 spiro atoms. The fraction of sp³-hybridized carbons (Fsp3) is 0.143. The lowest BCUT2D eigenvalue weighted by Crippen LogP contribution is -2.27. The predicted octanol–water partition coefficient (Wildman–Crippen LogP) is 2.90. The Bertz CT molecular complexity index is 493. The number of benzene rings is 1. The van der Waals surface area contributed by atoms with Crippen molar-refractivity contribution in [2.24, 2.45) is 5.41 Å². The summed E-state index contributed by atoms with van der Waals surface area (Å²) in [5, 5.41) is 9.22. The smallest absolute Gasteiger partial charge is 0.187 e.